The van der Waals surface area contributed by atoms with Crippen molar-refractivity contribution in [1.29, 1.82) is 0 Å². The number of benzene rings is 1. The highest BCUT2D eigenvalue weighted by Crippen LogP contribution is 2.19. The van der Waals surface area contributed by atoms with Crippen LogP contribution in [-0.2, 0) is 6.42 Å². The summed E-state index contributed by atoms with van der Waals surface area (Å²) in [6.45, 7) is 5.86. The zero-order valence-electron chi connectivity index (χ0n) is 13.1. The third-order valence-electron chi connectivity index (χ3n) is 4.48. The Morgan fingerprint density at radius 1 is 1.35 bits per heavy atom. The fourth-order valence-electron chi connectivity index (χ4n) is 2.97. The molecule has 1 aliphatic rings. The number of rotatable bonds is 6. The maximum Gasteiger partial charge on any atom is 0.119 e. The van der Waals surface area contributed by atoms with Crippen molar-refractivity contribution in [2.24, 2.45) is 5.92 Å². The number of likely N-dealkylation sites (tertiary alicyclic amines) is 1. The first-order valence-corrected chi connectivity index (χ1v) is 7.74. The Bertz CT molecular complexity index is 400. The van der Waals surface area contributed by atoms with E-state index in [4.69, 9.17) is 4.74 Å². The average Bonchev–Trinajstić information content (AvgIpc) is 2.48. The number of ether oxygens (including phenoxy) is 1. The van der Waals surface area contributed by atoms with Gasteiger partial charge in [-0.15, -0.1) is 0 Å². The lowest BCUT2D eigenvalue weighted by molar-refractivity contribution is 0.190. The molecule has 1 fully saturated rings. The maximum atomic E-state index is 5.26. The van der Waals surface area contributed by atoms with Crippen LogP contribution in [0, 0.1) is 5.92 Å². The molecule has 0 spiro atoms. The Balaban J connectivity index is 1.72. The Kier molecular flexibility index (Phi) is 5.86. The van der Waals surface area contributed by atoms with E-state index >= 15 is 0 Å². The number of nitrogens with zero attached hydrogens (tertiary/aromatic N) is 1. The maximum absolute atomic E-state index is 5.26. The van der Waals surface area contributed by atoms with Gasteiger partial charge in [0.1, 0.15) is 5.75 Å². The predicted molar refractivity (Wildman–Crippen MR) is 84.4 cm³/mol. The quantitative estimate of drug-likeness (QED) is 0.864. The molecule has 1 N–H and O–H groups in total. The summed E-state index contributed by atoms with van der Waals surface area (Å²) in [5.74, 6) is 1.78. The highest BCUT2D eigenvalue weighted by Gasteiger charge is 2.21. The molecule has 0 radical (unpaired) electrons. The second-order valence-electron chi connectivity index (χ2n) is 5.99. The lowest BCUT2D eigenvalue weighted by Crippen LogP contribution is -2.41. The highest BCUT2D eigenvalue weighted by molar-refractivity contribution is 5.28. The lowest BCUT2D eigenvalue weighted by Gasteiger charge is -2.33. The summed E-state index contributed by atoms with van der Waals surface area (Å²) in [5.41, 5.74) is 1.34. The topological polar surface area (TPSA) is 24.5 Å². The number of nitrogens with one attached hydrogen (secondary N) is 1. The SMILES string of the molecule is COc1cccc(CCNC(C)C2CCN(C)CC2)c1. The summed E-state index contributed by atoms with van der Waals surface area (Å²) in [6.07, 6.45) is 3.71. The normalized spacial score (nSPS) is 18.9. The zero-order chi connectivity index (χ0) is 14.4. The molecule has 0 bridgehead atoms. The van der Waals surface area contributed by atoms with Crippen molar-refractivity contribution in [3.63, 3.8) is 0 Å². The molecule has 0 saturated carbocycles. The van der Waals surface area contributed by atoms with Crippen LogP contribution in [0.3, 0.4) is 0 Å². The van der Waals surface area contributed by atoms with Gasteiger partial charge in [-0.1, -0.05) is 12.1 Å². The first kappa shape index (κ1) is 15.3. The average molecular weight is 276 g/mol. The third-order valence-corrected chi connectivity index (χ3v) is 4.48. The number of piperidine rings is 1. The van der Waals surface area contributed by atoms with E-state index in [2.05, 4.69) is 42.4 Å². The highest BCUT2D eigenvalue weighted by atomic mass is 16.5. The number of hydrogen-bond acceptors (Lipinski definition) is 3. The molecule has 3 nitrogen and oxygen atoms in total. The van der Waals surface area contributed by atoms with Gasteiger partial charge in [-0.3, -0.25) is 0 Å². The molecule has 1 aromatic carbocycles. The van der Waals surface area contributed by atoms with E-state index in [0.717, 1.165) is 24.6 Å². The van der Waals surface area contributed by atoms with Gasteiger partial charge in [0.2, 0.25) is 0 Å². The van der Waals surface area contributed by atoms with Crippen molar-refractivity contribution in [1.82, 2.24) is 10.2 Å². The van der Waals surface area contributed by atoms with E-state index in [1.54, 1.807) is 7.11 Å². The molecular weight excluding hydrogens is 248 g/mol. The molecule has 112 valence electrons. The molecule has 1 heterocycles. The Morgan fingerprint density at radius 2 is 2.10 bits per heavy atom. The van der Waals surface area contributed by atoms with Crippen molar-refractivity contribution < 1.29 is 4.74 Å². The summed E-state index contributed by atoms with van der Waals surface area (Å²) in [7, 11) is 3.94. The monoisotopic (exact) mass is 276 g/mol. The van der Waals surface area contributed by atoms with Crippen LogP contribution < -0.4 is 10.1 Å². The minimum atomic E-state index is 0.620. The molecule has 1 saturated heterocycles. The van der Waals surface area contributed by atoms with E-state index in [9.17, 15) is 0 Å². The van der Waals surface area contributed by atoms with Gasteiger partial charge in [-0.25, -0.2) is 0 Å². The van der Waals surface area contributed by atoms with Crippen LogP contribution in [0.4, 0.5) is 0 Å². The summed E-state index contributed by atoms with van der Waals surface area (Å²) in [4.78, 5) is 2.43. The van der Waals surface area contributed by atoms with Crippen LogP contribution in [-0.4, -0.2) is 44.7 Å². The smallest absolute Gasteiger partial charge is 0.119 e. The van der Waals surface area contributed by atoms with Gasteiger partial charge >= 0.3 is 0 Å². The second-order valence-corrected chi connectivity index (χ2v) is 5.99. The first-order chi connectivity index (χ1) is 9.69. The molecule has 1 unspecified atom stereocenters. The zero-order valence-corrected chi connectivity index (χ0v) is 13.1. The standard InChI is InChI=1S/C17H28N2O/c1-14(16-8-11-19(2)12-9-16)18-10-7-15-5-4-6-17(13-15)20-3/h4-6,13-14,16,18H,7-12H2,1-3H3. The Morgan fingerprint density at radius 3 is 2.80 bits per heavy atom. The number of methoxy groups -OCH3 is 1. The van der Waals surface area contributed by atoms with Gasteiger partial charge in [-0.05, 0) is 76.5 Å². The van der Waals surface area contributed by atoms with Gasteiger partial charge < -0.3 is 15.0 Å². The molecule has 1 aliphatic heterocycles. The minimum absolute atomic E-state index is 0.620. The third kappa shape index (κ3) is 4.50. The van der Waals surface area contributed by atoms with Crippen LogP contribution in [0.25, 0.3) is 0 Å². The van der Waals surface area contributed by atoms with Crippen molar-refractivity contribution in [2.75, 3.05) is 33.8 Å². The number of hydrogen-bond donors (Lipinski definition) is 1. The summed E-state index contributed by atoms with van der Waals surface area (Å²) >= 11 is 0. The van der Waals surface area contributed by atoms with Crippen LogP contribution in [0.15, 0.2) is 24.3 Å². The minimum Gasteiger partial charge on any atom is -0.497 e. The van der Waals surface area contributed by atoms with Crippen molar-refractivity contribution in [2.45, 2.75) is 32.2 Å². The predicted octanol–water partition coefficient (Wildman–Crippen LogP) is 2.56. The second kappa shape index (κ2) is 7.65. The molecule has 2 rings (SSSR count). The first-order valence-electron chi connectivity index (χ1n) is 7.74. The molecular formula is C17H28N2O. The van der Waals surface area contributed by atoms with E-state index < -0.39 is 0 Å². The van der Waals surface area contributed by atoms with Crippen LogP contribution >= 0.6 is 0 Å². The largest absolute Gasteiger partial charge is 0.497 e. The van der Waals surface area contributed by atoms with Gasteiger partial charge in [-0.2, -0.15) is 0 Å². The van der Waals surface area contributed by atoms with Crippen LogP contribution in [0.5, 0.6) is 5.75 Å². The van der Waals surface area contributed by atoms with Gasteiger partial charge in [0, 0.05) is 6.04 Å². The van der Waals surface area contributed by atoms with Crippen molar-refractivity contribution >= 4 is 0 Å². The van der Waals surface area contributed by atoms with Gasteiger partial charge in [0.15, 0.2) is 0 Å². The fourth-order valence-corrected chi connectivity index (χ4v) is 2.97. The Hall–Kier alpha value is -1.06. The van der Waals surface area contributed by atoms with Gasteiger partial charge in [0.05, 0.1) is 7.11 Å². The fraction of sp³-hybridized carbons (Fsp3) is 0.647. The van der Waals surface area contributed by atoms with Crippen LogP contribution in [0.2, 0.25) is 0 Å². The molecule has 1 aromatic rings. The molecule has 0 aromatic heterocycles. The van der Waals surface area contributed by atoms with Crippen molar-refractivity contribution in [3.8, 4) is 5.75 Å². The van der Waals surface area contributed by atoms with E-state index in [1.807, 2.05) is 6.07 Å². The summed E-state index contributed by atoms with van der Waals surface area (Å²) < 4.78 is 5.26. The summed E-state index contributed by atoms with van der Waals surface area (Å²) in [5, 5.41) is 3.69. The molecule has 1 atom stereocenters. The summed E-state index contributed by atoms with van der Waals surface area (Å²) in [6, 6.07) is 8.98. The van der Waals surface area contributed by atoms with Crippen molar-refractivity contribution in [3.05, 3.63) is 29.8 Å². The molecule has 0 amide bonds. The molecule has 0 aliphatic carbocycles. The van der Waals surface area contributed by atoms with E-state index in [1.165, 1.54) is 31.5 Å². The van der Waals surface area contributed by atoms with E-state index in [-0.39, 0.29) is 0 Å². The lowest BCUT2D eigenvalue weighted by atomic mass is 9.90. The Labute approximate surface area is 123 Å². The van der Waals surface area contributed by atoms with Gasteiger partial charge in [0.25, 0.3) is 0 Å². The van der Waals surface area contributed by atoms with E-state index in [0.29, 0.717) is 6.04 Å². The molecule has 20 heavy (non-hydrogen) atoms. The molecule has 3 heteroatoms. The van der Waals surface area contributed by atoms with Crippen LogP contribution in [0.1, 0.15) is 25.3 Å².